The van der Waals surface area contributed by atoms with Gasteiger partial charge in [-0.25, -0.2) is 4.39 Å². The molecule has 0 bridgehead atoms. The zero-order chi connectivity index (χ0) is 11.5. The molecule has 1 nitrogen and oxygen atoms in total. The van der Waals surface area contributed by atoms with Crippen LogP contribution in [-0.4, -0.2) is 11.2 Å². The molecular formula is C13H14ClFO. The van der Waals surface area contributed by atoms with Crippen LogP contribution in [0.3, 0.4) is 0 Å². The van der Waals surface area contributed by atoms with Crippen LogP contribution in [0.5, 0.6) is 0 Å². The summed E-state index contributed by atoms with van der Waals surface area (Å²) in [6, 6.07) is 4.58. The van der Waals surface area contributed by atoms with E-state index in [2.05, 4.69) is 0 Å². The Kier molecular flexibility index (Phi) is 3.62. The molecule has 1 aliphatic rings. The van der Waals surface area contributed by atoms with E-state index in [4.69, 9.17) is 11.6 Å². The molecule has 0 amide bonds. The standard InChI is InChI=1S/C13H14ClFO/c14-11-4-5-13(15)10(8-11)6-9-2-1-3-12(16)7-9/h4-5,7-8,12,16H,1-3,6H2. The van der Waals surface area contributed by atoms with Gasteiger partial charge in [-0.05, 0) is 49.4 Å². The lowest BCUT2D eigenvalue weighted by Crippen LogP contribution is -2.10. The zero-order valence-electron chi connectivity index (χ0n) is 8.92. The Morgan fingerprint density at radius 1 is 1.44 bits per heavy atom. The van der Waals surface area contributed by atoms with Gasteiger partial charge in [0, 0.05) is 5.02 Å². The fourth-order valence-electron chi connectivity index (χ4n) is 2.05. The highest BCUT2D eigenvalue weighted by molar-refractivity contribution is 6.30. The van der Waals surface area contributed by atoms with Crippen LogP contribution in [0.15, 0.2) is 29.8 Å². The second-order valence-electron chi connectivity index (χ2n) is 4.20. The Hall–Kier alpha value is -0.860. The van der Waals surface area contributed by atoms with E-state index in [1.165, 1.54) is 6.07 Å². The normalized spacial score (nSPS) is 20.7. The van der Waals surface area contributed by atoms with Crippen LogP contribution in [0, 0.1) is 5.82 Å². The summed E-state index contributed by atoms with van der Waals surface area (Å²) in [5.74, 6) is -0.231. The number of benzene rings is 1. The summed E-state index contributed by atoms with van der Waals surface area (Å²) in [4.78, 5) is 0. The van der Waals surface area contributed by atoms with Gasteiger partial charge in [0.25, 0.3) is 0 Å². The predicted molar refractivity (Wildman–Crippen MR) is 63.1 cm³/mol. The first-order valence-corrected chi connectivity index (χ1v) is 5.84. The summed E-state index contributed by atoms with van der Waals surface area (Å²) in [6.45, 7) is 0. The Labute approximate surface area is 99.6 Å². The molecule has 0 saturated heterocycles. The molecule has 2 rings (SSSR count). The fourth-order valence-corrected chi connectivity index (χ4v) is 2.24. The first-order valence-electron chi connectivity index (χ1n) is 5.47. The number of aliphatic hydroxyl groups is 1. The molecule has 1 atom stereocenters. The van der Waals surface area contributed by atoms with Crippen LogP contribution in [-0.2, 0) is 6.42 Å². The van der Waals surface area contributed by atoms with Gasteiger partial charge in [-0.15, -0.1) is 0 Å². The van der Waals surface area contributed by atoms with Crippen LogP contribution < -0.4 is 0 Å². The van der Waals surface area contributed by atoms with E-state index in [-0.39, 0.29) is 11.9 Å². The molecule has 0 fully saturated rings. The van der Waals surface area contributed by atoms with Gasteiger partial charge in [0.15, 0.2) is 0 Å². The van der Waals surface area contributed by atoms with Gasteiger partial charge in [-0.3, -0.25) is 0 Å². The second kappa shape index (κ2) is 4.98. The first-order chi connectivity index (χ1) is 7.65. The molecule has 0 saturated carbocycles. The summed E-state index contributed by atoms with van der Waals surface area (Å²) in [6.07, 6.45) is 4.72. The average Bonchev–Trinajstić information content (AvgIpc) is 2.24. The first kappa shape index (κ1) is 11.6. The third kappa shape index (κ3) is 2.83. The van der Waals surface area contributed by atoms with Crippen LogP contribution in [0.1, 0.15) is 24.8 Å². The minimum Gasteiger partial charge on any atom is -0.389 e. The second-order valence-corrected chi connectivity index (χ2v) is 4.63. The summed E-state index contributed by atoms with van der Waals surface area (Å²) in [5.41, 5.74) is 1.70. The summed E-state index contributed by atoms with van der Waals surface area (Å²) >= 11 is 5.83. The van der Waals surface area contributed by atoms with Crippen LogP contribution in [0.25, 0.3) is 0 Å². The lowest BCUT2D eigenvalue weighted by atomic mass is 9.92. The van der Waals surface area contributed by atoms with Gasteiger partial charge in [0.05, 0.1) is 6.10 Å². The van der Waals surface area contributed by atoms with Gasteiger partial charge < -0.3 is 5.11 Å². The van der Waals surface area contributed by atoms with Crippen molar-refractivity contribution in [1.29, 1.82) is 0 Å². The molecule has 3 heteroatoms. The smallest absolute Gasteiger partial charge is 0.126 e. The SMILES string of the molecule is OC1C=C(Cc2cc(Cl)ccc2F)CCC1. The number of aliphatic hydroxyl groups excluding tert-OH is 1. The van der Waals surface area contributed by atoms with Gasteiger partial charge in [0.1, 0.15) is 5.82 Å². The summed E-state index contributed by atoms with van der Waals surface area (Å²) in [5, 5.41) is 10.0. The number of halogens is 2. The highest BCUT2D eigenvalue weighted by Gasteiger charge is 2.13. The fraction of sp³-hybridized carbons (Fsp3) is 0.385. The molecule has 1 aromatic carbocycles. The van der Waals surface area contributed by atoms with E-state index < -0.39 is 0 Å². The Morgan fingerprint density at radius 2 is 2.25 bits per heavy atom. The maximum absolute atomic E-state index is 13.5. The minimum absolute atomic E-state index is 0.231. The molecule has 0 radical (unpaired) electrons. The van der Waals surface area contributed by atoms with Gasteiger partial charge in [-0.1, -0.05) is 23.3 Å². The largest absolute Gasteiger partial charge is 0.389 e. The van der Waals surface area contributed by atoms with E-state index in [1.807, 2.05) is 6.08 Å². The van der Waals surface area contributed by atoms with E-state index in [0.29, 0.717) is 17.0 Å². The topological polar surface area (TPSA) is 20.2 Å². The molecule has 86 valence electrons. The molecule has 1 aliphatic carbocycles. The van der Waals surface area contributed by atoms with E-state index in [1.54, 1.807) is 12.1 Å². The highest BCUT2D eigenvalue weighted by Crippen LogP contribution is 2.24. The van der Waals surface area contributed by atoms with Crippen molar-refractivity contribution in [3.8, 4) is 0 Å². The van der Waals surface area contributed by atoms with Crippen LogP contribution in [0.4, 0.5) is 4.39 Å². The van der Waals surface area contributed by atoms with E-state index in [9.17, 15) is 9.50 Å². The Balaban J connectivity index is 2.17. The Morgan fingerprint density at radius 3 is 3.00 bits per heavy atom. The van der Waals surface area contributed by atoms with Crippen molar-refractivity contribution in [3.63, 3.8) is 0 Å². The van der Waals surface area contributed by atoms with Gasteiger partial charge in [0.2, 0.25) is 0 Å². The molecule has 0 spiro atoms. The molecule has 0 heterocycles. The van der Waals surface area contributed by atoms with E-state index >= 15 is 0 Å². The third-order valence-corrected chi connectivity index (χ3v) is 3.09. The monoisotopic (exact) mass is 240 g/mol. The van der Waals surface area contributed by atoms with Gasteiger partial charge in [-0.2, -0.15) is 0 Å². The van der Waals surface area contributed by atoms with Crippen molar-refractivity contribution in [2.45, 2.75) is 31.8 Å². The van der Waals surface area contributed by atoms with Crippen molar-refractivity contribution in [1.82, 2.24) is 0 Å². The lowest BCUT2D eigenvalue weighted by Gasteiger charge is -2.17. The maximum atomic E-state index is 13.5. The highest BCUT2D eigenvalue weighted by atomic mass is 35.5. The van der Waals surface area contributed by atoms with E-state index in [0.717, 1.165) is 24.8 Å². The Bertz CT molecular complexity index is 414. The van der Waals surface area contributed by atoms with Crippen LogP contribution >= 0.6 is 11.6 Å². The average molecular weight is 241 g/mol. The maximum Gasteiger partial charge on any atom is 0.126 e. The van der Waals surface area contributed by atoms with Crippen molar-refractivity contribution < 1.29 is 9.50 Å². The molecule has 1 aromatic rings. The molecular weight excluding hydrogens is 227 g/mol. The van der Waals surface area contributed by atoms with Crippen molar-refractivity contribution >= 4 is 11.6 Å². The molecule has 0 aromatic heterocycles. The van der Waals surface area contributed by atoms with Crippen molar-refractivity contribution in [3.05, 3.63) is 46.3 Å². The van der Waals surface area contributed by atoms with Crippen LogP contribution in [0.2, 0.25) is 5.02 Å². The molecule has 1 unspecified atom stereocenters. The van der Waals surface area contributed by atoms with Gasteiger partial charge >= 0.3 is 0 Å². The van der Waals surface area contributed by atoms with Crippen molar-refractivity contribution in [2.24, 2.45) is 0 Å². The summed E-state index contributed by atoms with van der Waals surface area (Å²) < 4.78 is 13.5. The lowest BCUT2D eigenvalue weighted by molar-refractivity contribution is 0.202. The number of rotatable bonds is 2. The predicted octanol–water partition coefficient (Wildman–Crippen LogP) is 3.49. The molecule has 16 heavy (non-hydrogen) atoms. The summed E-state index contributed by atoms with van der Waals surface area (Å²) in [7, 11) is 0. The number of allylic oxidation sites excluding steroid dienone is 1. The zero-order valence-corrected chi connectivity index (χ0v) is 9.67. The minimum atomic E-state index is -0.369. The molecule has 1 N–H and O–H groups in total. The number of hydrogen-bond donors (Lipinski definition) is 1. The quantitative estimate of drug-likeness (QED) is 0.785. The number of hydrogen-bond acceptors (Lipinski definition) is 1. The molecule has 0 aliphatic heterocycles. The third-order valence-electron chi connectivity index (χ3n) is 2.85. The van der Waals surface area contributed by atoms with Crippen molar-refractivity contribution in [2.75, 3.05) is 0 Å².